The fraction of sp³-hybridized carbons (Fsp3) is 0.529. The van der Waals surface area contributed by atoms with Crippen LogP contribution in [0.1, 0.15) is 18.4 Å². The predicted octanol–water partition coefficient (Wildman–Crippen LogP) is 0.490. The van der Waals surface area contributed by atoms with Gasteiger partial charge in [0.1, 0.15) is 0 Å². The zero-order valence-corrected chi connectivity index (χ0v) is 13.8. The van der Waals surface area contributed by atoms with Crippen LogP contribution in [0.5, 0.6) is 11.5 Å². The summed E-state index contributed by atoms with van der Waals surface area (Å²) in [5, 5.41) is 5.36. The van der Waals surface area contributed by atoms with Crippen molar-refractivity contribution in [3.63, 3.8) is 0 Å². The summed E-state index contributed by atoms with van der Waals surface area (Å²) in [6.07, 6.45) is 2.10. The molecule has 7 nitrogen and oxygen atoms in total. The van der Waals surface area contributed by atoms with Gasteiger partial charge < -0.3 is 25.0 Å². The summed E-state index contributed by atoms with van der Waals surface area (Å²) in [7, 11) is 2.10. The Morgan fingerprint density at radius 3 is 2.62 bits per heavy atom. The van der Waals surface area contributed by atoms with E-state index < -0.39 is 11.8 Å². The van der Waals surface area contributed by atoms with E-state index in [1.807, 2.05) is 6.07 Å². The highest BCUT2D eigenvalue weighted by molar-refractivity contribution is 6.35. The van der Waals surface area contributed by atoms with Crippen molar-refractivity contribution in [3.05, 3.63) is 23.8 Å². The average Bonchev–Trinajstić information content (AvgIpc) is 3.06. The minimum absolute atomic E-state index is 0.213. The molecule has 2 heterocycles. The summed E-state index contributed by atoms with van der Waals surface area (Å²) < 4.78 is 10.5. The van der Waals surface area contributed by atoms with Crippen LogP contribution in [0.25, 0.3) is 0 Å². The lowest BCUT2D eigenvalue weighted by Crippen LogP contribution is -2.43. The predicted molar refractivity (Wildman–Crippen MR) is 87.6 cm³/mol. The van der Waals surface area contributed by atoms with E-state index in [0.29, 0.717) is 24.0 Å². The zero-order valence-electron chi connectivity index (χ0n) is 13.8. The van der Waals surface area contributed by atoms with E-state index in [9.17, 15) is 9.59 Å². The first kappa shape index (κ1) is 16.6. The standard InChI is InChI=1S/C17H23N3O4/c1-20-6-4-12(5-7-20)9-18-16(21)17(22)19-10-13-2-3-14-15(8-13)24-11-23-14/h2-3,8,12H,4-7,9-11H2,1H3,(H,18,21)(H,19,22). The molecular weight excluding hydrogens is 310 g/mol. The maximum atomic E-state index is 11.9. The van der Waals surface area contributed by atoms with Crippen molar-refractivity contribution in [2.24, 2.45) is 5.92 Å². The second-order valence-corrected chi connectivity index (χ2v) is 6.33. The molecule has 2 aliphatic rings. The molecule has 1 aromatic rings. The number of fused-ring (bicyclic) bond motifs is 1. The van der Waals surface area contributed by atoms with Gasteiger partial charge in [0.2, 0.25) is 6.79 Å². The van der Waals surface area contributed by atoms with Crippen LogP contribution in [0.15, 0.2) is 18.2 Å². The highest BCUT2D eigenvalue weighted by Crippen LogP contribution is 2.32. The molecule has 1 fully saturated rings. The van der Waals surface area contributed by atoms with Gasteiger partial charge in [-0.15, -0.1) is 0 Å². The molecule has 3 rings (SSSR count). The second kappa shape index (κ2) is 7.53. The normalized spacial score (nSPS) is 17.5. The third-order valence-corrected chi connectivity index (χ3v) is 4.49. The molecule has 24 heavy (non-hydrogen) atoms. The SMILES string of the molecule is CN1CCC(CNC(=O)C(=O)NCc2ccc3c(c2)OCO3)CC1. The molecule has 2 aliphatic heterocycles. The third kappa shape index (κ3) is 4.17. The number of piperidine rings is 1. The number of benzene rings is 1. The molecule has 2 amide bonds. The van der Waals surface area contributed by atoms with E-state index in [1.165, 1.54) is 0 Å². The topological polar surface area (TPSA) is 79.9 Å². The first-order valence-corrected chi connectivity index (χ1v) is 8.25. The average molecular weight is 333 g/mol. The number of carbonyl (C=O) groups excluding carboxylic acids is 2. The zero-order chi connectivity index (χ0) is 16.9. The van der Waals surface area contributed by atoms with E-state index >= 15 is 0 Å². The molecule has 0 aromatic heterocycles. The molecule has 0 unspecified atom stereocenters. The van der Waals surface area contributed by atoms with Crippen molar-refractivity contribution in [1.82, 2.24) is 15.5 Å². The van der Waals surface area contributed by atoms with Gasteiger partial charge >= 0.3 is 11.8 Å². The molecule has 130 valence electrons. The third-order valence-electron chi connectivity index (χ3n) is 4.49. The highest BCUT2D eigenvalue weighted by atomic mass is 16.7. The van der Waals surface area contributed by atoms with Crippen molar-refractivity contribution in [3.8, 4) is 11.5 Å². The largest absolute Gasteiger partial charge is 0.454 e. The number of hydrogen-bond donors (Lipinski definition) is 2. The number of amides is 2. The number of hydrogen-bond acceptors (Lipinski definition) is 5. The number of ether oxygens (including phenoxy) is 2. The lowest BCUT2D eigenvalue weighted by molar-refractivity contribution is -0.139. The first-order valence-electron chi connectivity index (χ1n) is 8.25. The fourth-order valence-electron chi connectivity index (χ4n) is 2.90. The number of carbonyl (C=O) groups is 2. The van der Waals surface area contributed by atoms with Crippen molar-refractivity contribution >= 4 is 11.8 Å². The monoisotopic (exact) mass is 333 g/mol. The van der Waals surface area contributed by atoms with E-state index in [1.54, 1.807) is 12.1 Å². The van der Waals surface area contributed by atoms with Gasteiger partial charge in [-0.05, 0) is 56.6 Å². The second-order valence-electron chi connectivity index (χ2n) is 6.33. The van der Waals surface area contributed by atoms with Crippen molar-refractivity contribution in [1.29, 1.82) is 0 Å². The summed E-state index contributed by atoms with van der Waals surface area (Å²) in [6, 6.07) is 5.44. The minimum Gasteiger partial charge on any atom is -0.454 e. The minimum atomic E-state index is -0.611. The van der Waals surface area contributed by atoms with Crippen LogP contribution in [-0.4, -0.2) is 50.2 Å². The summed E-state index contributed by atoms with van der Waals surface area (Å²) >= 11 is 0. The van der Waals surface area contributed by atoms with Crippen LogP contribution < -0.4 is 20.1 Å². The Kier molecular flexibility index (Phi) is 5.20. The summed E-state index contributed by atoms with van der Waals surface area (Å²) in [6.45, 7) is 3.12. The number of likely N-dealkylation sites (tertiary alicyclic amines) is 1. The molecule has 0 atom stereocenters. The van der Waals surface area contributed by atoms with Crippen LogP contribution in [0.4, 0.5) is 0 Å². The Balaban J connectivity index is 1.40. The van der Waals surface area contributed by atoms with E-state index in [0.717, 1.165) is 31.5 Å². The molecule has 1 aromatic carbocycles. The fourth-order valence-corrected chi connectivity index (χ4v) is 2.90. The van der Waals surface area contributed by atoms with E-state index in [2.05, 4.69) is 22.6 Å². The van der Waals surface area contributed by atoms with E-state index in [-0.39, 0.29) is 13.3 Å². The van der Waals surface area contributed by atoms with Crippen LogP contribution in [0, 0.1) is 5.92 Å². The summed E-state index contributed by atoms with van der Waals surface area (Å²) in [4.78, 5) is 26.0. The number of nitrogens with one attached hydrogen (secondary N) is 2. The van der Waals surface area contributed by atoms with Crippen LogP contribution in [-0.2, 0) is 16.1 Å². The van der Waals surface area contributed by atoms with Gasteiger partial charge in [0.15, 0.2) is 11.5 Å². The Morgan fingerprint density at radius 1 is 1.12 bits per heavy atom. The van der Waals surface area contributed by atoms with Gasteiger partial charge in [0.05, 0.1) is 0 Å². The Bertz CT molecular complexity index is 612. The number of rotatable bonds is 4. The lowest BCUT2D eigenvalue weighted by atomic mass is 9.97. The van der Waals surface area contributed by atoms with Gasteiger partial charge in [-0.2, -0.15) is 0 Å². The van der Waals surface area contributed by atoms with Gasteiger partial charge in [-0.1, -0.05) is 6.07 Å². The molecule has 1 saturated heterocycles. The van der Waals surface area contributed by atoms with Crippen LogP contribution in [0.3, 0.4) is 0 Å². The summed E-state index contributed by atoms with van der Waals surface area (Å²) in [5.74, 6) is 0.622. The lowest BCUT2D eigenvalue weighted by Gasteiger charge is -2.28. The first-order chi connectivity index (χ1) is 11.6. The maximum absolute atomic E-state index is 11.9. The number of nitrogens with zero attached hydrogens (tertiary/aromatic N) is 1. The quantitative estimate of drug-likeness (QED) is 0.784. The summed E-state index contributed by atoms with van der Waals surface area (Å²) in [5.41, 5.74) is 0.857. The smallest absolute Gasteiger partial charge is 0.309 e. The molecular formula is C17H23N3O4. The van der Waals surface area contributed by atoms with Crippen LogP contribution in [0.2, 0.25) is 0 Å². The van der Waals surface area contributed by atoms with Crippen molar-refractivity contribution < 1.29 is 19.1 Å². The van der Waals surface area contributed by atoms with Gasteiger partial charge in [-0.3, -0.25) is 9.59 Å². The van der Waals surface area contributed by atoms with E-state index in [4.69, 9.17) is 9.47 Å². The van der Waals surface area contributed by atoms with Crippen molar-refractivity contribution in [2.75, 3.05) is 33.5 Å². The van der Waals surface area contributed by atoms with Crippen LogP contribution >= 0.6 is 0 Å². The Morgan fingerprint density at radius 2 is 1.83 bits per heavy atom. The molecule has 0 bridgehead atoms. The molecule has 0 saturated carbocycles. The molecule has 2 N–H and O–H groups in total. The molecule has 0 spiro atoms. The Labute approximate surface area is 141 Å². The molecule has 0 radical (unpaired) electrons. The molecule has 0 aliphatic carbocycles. The van der Waals surface area contributed by atoms with Gasteiger partial charge in [0, 0.05) is 13.1 Å². The maximum Gasteiger partial charge on any atom is 0.309 e. The van der Waals surface area contributed by atoms with Crippen molar-refractivity contribution in [2.45, 2.75) is 19.4 Å². The van der Waals surface area contributed by atoms with Gasteiger partial charge in [-0.25, -0.2) is 0 Å². The Hall–Kier alpha value is -2.28. The van der Waals surface area contributed by atoms with Gasteiger partial charge in [0.25, 0.3) is 0 Å². The molecule has 7 heteroatoms. The highest BCUT2D eigenvalue weighted by Gasteiger charge is 2.20.